The summed E-state index contributed by atoms with van der Waals surface area (Å²) in [7, 11) is -6.74. The molecule has 16 heavy (non-hydrogen) atoms. The lowest BCUT2D eigenvalue weighted by Gasteiger charge is -2.09. The summed E-state index contributed by atoms with van der Waals surface area (Å²) >= 11 is 0. The molecule has 0 saturated heterocycles. The number of nitrogens with one attached hydrogen (secondary N) is 1. The van der Waals surface area contributed by atoms with Gasteiger partial charge in [0.1, 0.15) is 0 Å². The van der Waals surface area contributed by atoms with Crippen molar-refractivity contribution in [1.29, 1.82) is 0 Å². The van der Waals surface area contributed by atoms with Gasteiger partial charge in [-0.3, -0.25) is 4.72 Å². The monoisotopic (exact) mass is 263 g/mol. The summed E-state index contributed by atoms with van der Waals surface area (Å²) in [5.41, 5.74) is 0.947. The fourth-order valence-corrected chi connectivity index (χ4v) is 2.41. The second kappa shape index (κ2) is 4.06. The highest BCUT2D eigenvalue weighted by atomic mass is 32.2. The molecule has 90 valence electrons. The molecular formula is C9H13NO4S2. The van der Waals surface area contributed by atoms with Gasteiger partial charge in [-0.15, -0.1) is 0 Å². The number of sulfonamides is 1. The van der Waals surface area contributed by atoms with Crippen LogP contribution in [0.5, 0.6) is 0 Å². The lowest BCUT2D eigenvalue weighted by molar-refractivity contribution is 0.600. The minimum Gasteiger partial charge on any atom is -0.283 e. The number of aryl methyl sites for hydroxylation is 1. The molecule has 0 aliphatic heterocycles. The molecule has 0 fully saturated rings. The van der Waals surface area contributed by atoms with Gasteiger partial charge in [-0.05, 0) is 24.6 Å². The molecule has 0 aromatic heterocycles. The van der Waals surface area contributed by atoms with E-state index in [2.05, 4.69) is 4.72 Å². The molecular weight excluding hydrogens is 250 g/mol. The lowest BCUT2D eigenvalue weighted by Crippen LogP contribution is -2.11. The van der Waals surface area contributed by atoms with Crippen molar-refractivity contribution in [2.24, 2.45) is 0 Å². The van der Waals surface area contributed by atoms with Gasteiger partial charge < -0.3 is 0 Å². The minimum atomic E-state index is -3.41. The molecule has 7 heteroatoms. The van der Waals surface area contributed by atoms with Gasteiger partial charge in [0.15, 0.2) is 9.84 Å². The second-order valence-corrected chi connectivity index (χ2v) is 7.39. The Morgan fingerprint density at radius 2 is 1.62 bits per heavy atom. The van der Waals surface area contributed by atoms with Crippen LogP contribution in [0.4, 0.5) is 5.69 Å². The van der Waals surface area contributed by atoms with Crippen molar-refractivity contribution in [3.8, 4) is 0 Å². The third-order valence-electron chi connectivity index (χ3n) is 1.93. The zero-order chi connectivity index (χ0) is 12.6. The third-order valence-corrected chi connectivity index (χ3v) is 3.63. The van der Waals surface area contributed by atoms with Crippen LogP contribution < -0.4 is 4.72 Å². The maximum Gasteiger partial charge on any atom is 0.229 e. The Labute approximate surface area is 95.5 Å². The first-order valence-corrected chi connectivity index (χ1v) is 8.16. The van der Waals surface area contributed by atoms with Gasteiger partial charge in [-0.1, -0.05) is 6.07 Å². The molecule has 0 radical (unpaired) electrons. The van der Waals surface area contributed by atoms with E-state index in [1.165, 1.54) is 12.1 Å². The normalized spacial score (nSPS) is 12.4. The van der Waals surface area contributed by atoms with Crippen LogP contribution in [0, 0.1) is 6.92 Å². The first-order chi connectivity index (χ1) is 7.09. The first kappa shape index (κ1) is 13.0. The molecule has 1 N–H and O–H groups in total. The first-order valence-electron chi connectivity index (χ1n) is 4.38. The number of benzene rings is 1. The van der Waals surface area contributed by atoms with E-state index in [1.54, 1.807) is 13.0 Å². The van der Waals surface area contributed by atoms with Crippen LogP contribution in [-0.2, 0) is 19.9 Å². The summed E-state index contributed by atoms with van der Waals surface area (Å²) in [6.07, 6.45) is 2.08. The average Bonchev–Trinajstić information content (AvgIpc) is 2.04. The van der Waals surface area contributed by atoms with E-state index in [1.807, 2.05) is 0 Å². The fourth-order valence-electron chi connectivity index (χ4n) is 1.14. The smallest absolute Gasteiger partial charge is 0.229 e. The van der Waals surface area contributed by atoms with Crippen molar-refractivity contribution in [1.82, 2.24) is 0 Å². The van der Waals surface area contributed by atoms with Crippen molar-refractivity contribution in [3.63, 3.8) is 0 Å². The fraction of sp³-hybridized carbons (Fsp3) is 0.333. The maximum atomic E-state index is 11.3. The number of hydrogen-bond donors (Lipinski definition) is 1. The highest BCUT2D eigenvalue weighted by molar-refractivity contribution is 7.92. The van der Waals surface area contributed by atoms with Crippen molar-refractivity contribution in [3.05, 3.63) is 23.8 Å². The van der Waals surface area contributed by atoms with Crippen LogP contribution in [0.2, 0.25) is 0 Å². The molecule has 0 unspecified atom stereocenters. The van der Waals surface area contributed by atoms with Crippen molar-refractivity contribution < 1.29 is 16.8 Å². The molecule has 0 aliphatic carbocycles. The highest BCUT2D eigenvalue weighted by Crippen LogP contribution is 2.20. The quantitative estimate of drug-likeness (QED) is 0.873. The van der Waals surface area contributed by atoms with E-state index in [-0.39, 0.29) is 10.6 Å². The van der Waals surface area contributed by atoms with Crippen LogP contribution in [0.15, 0.2) is 23.1 Å². The molecule has 1 rings (SSSR count). The largest absolute Gasteiger partial charge is 0.283 e. The standard InChI is InChI=1S/C9H13NO4S2/c1-7-4-5-8(15(2,11)12)6-9(7)10-16(3,13)14/h4-6,10H,1-3H3. The molecule has 0 spiro atoms. The lowest BCUT2D eigenvalue weighted by atomic mass is 10.2. The summed E-state index contributed by atoms with van der Waals surface area (Å²) in [6, 6.07) is 4.31. The molecule has 1 aromatic rings. The summed E-state index contributed by atoms with van der Waals surface area (Å²) < 4.78 is 46.9. The van der Waals surface area contributed by atoms with Crippen LogP contribution in [0.3, 0.4) is 0 Å². The van der Waals surface area contributed by atoms with Crippen LogP contribution in [0.1, 0.15) is 5.56 Å². The topological polar surface area (TPSA) is 80.3 Å². The maximum absolute atomic E-state index is 11.3. The predicted octanol–water partition coefficient (Wildman–Crippen LogP) is 0.770. The molecule has 1 aromatic carbocycles. The average molecular weight is 263 g/mol. The van der Waals surface area contributed by atoms with Gasteiger partial charge in [0, 0.05) is 6.26 Å². The van der Waals surface area contributed by atoms with Crippen LogP contribution >= 0.6 is 0 Å². The van der Waals surface area contributed by atoms with E-state index in [9.17, 15) is 16.8 Å². The van der Waals surface area contributed by atoms with Gasteiger partial charge in [-0.2, -0.15) is 0 Å². The summed E-state index contributed by atoms with van der Waals surface area (Å²) in [6.45, 7) is 1.69. The zero-order valence-corrected chi connectivity index (χ0v) is 10.8. The highest BCUT2D eigenvalue weighted by Gasteiger charge is 2.11. The number of sulfone groups is 1. The van der Waals surface area contributed by atoms with Crippen molar-refractivity contribution >= 4 is 25.5 Å². The molecule has 0 aliphatic rings. The molecule has 5 nitrogen and oxygen atoms in total. The predicted molar refractivity (Wildman–Crippen MR) is 62.8 cm³/mol. The Hall–Kier alpha value is -1.08. The number of hydrogen-bond acceptors (Lipinski definition) is 4. The van der Waals surface area contributed by atoms with Crippen molar-refractivity contribution in [2.75, 3.05) is 17.2 Å². The number of anilines is 1. The van der Waals surface area contributed by atoms with E-state index in [0.717, 1.165) is 12.5 Å². The Bertz CT molecular complexity index is 602. The van der Waals surface area contributed by atoms with E-state index in [0.29, 0.717) is 5.56 Å². The van der Waals surface area contributed by atoms with E-state index < -0.39 is 19.9 Å². The molecule has 0 heterocycles. The number of rotatable bonds is 3. The molecule has 0 atom stereocenters. The van der Waals surface area contributed by atoms with Gasteiger partial charge >= 0.3 is 0 Å². The third kappa shape index (κ3) is 3.49. The van der Waals surface area contributed by atoms with Crippen molar-refractivity contribution in [2.45, 2.75) is 11.8 Å². The Kier molecular flexibility index (Phi) is 3.30. The van der Waals surface area contributed by atoms with Gasteiger partial charge in [-0.25, -0.2) is 16.8 Å². The summed E-state index contributed by atoms with van der Waals surface area (Å²) in [5, 5.41) is 0. The van der Waals surface area contributed by atoms with Gasteiger partial charge in [0.05, 0.1) is 16.8 Å². The van der Waals surface area contributed by atoms with Gasteiger partial charge in [0.25, 0.3) is 0 Å². The van der Waals surface area contributed by atoms with E-state index in [4.69, 9.17) is 0 Å². The molecule has 0 bridgehead atoms. The Morgan fingerprint density at radius 1 is 1.06 bits per heavy atom. The second-order valence-electron chi connectivity index (χ2n) is 3.62. The minimum absolute atomic E-state index is 0.0873. The van der Waals surface area contributed by atoms with Gasteiger partial charge in [0.2, 0.25) is 10.0 Å². The van der Waals surface area contributed by atoms with E-state index >= 15 is 0 Å². The SMILES string of the molecule is Cc1ccc(S(C)(=O)=O)cc1NS(C)(=O)=O. The Balaban J connectivity index is 3.31. The van der Waals surface area contributed by atoms with Crippen LogP contribution in [0.25, 0.3) is 0 Å². The molecule has 0 amide bonds. The molecule has 0 saturated carbocycles. The van der Waals surface area contributed by atoms with Crippen LogP contribution in [-0.4, -0.2) is 29.3 Å². The Morgan fingerprint density at radius 3 is 2.06 bits per heavy atom. The zero-order valence-electron chi connectivity index (χ0n) is 9.18. The summed E-state index contributed by atoms with van der Waals surface area (Å²) in [4.78, 5) is 0.0873. The summed E-state index contributed by atoms with van der Waals surface area (Å²) in [5.74, 6) is 0.